The second-order valence-corrected chi connectivity index (χ2v) is 6.56. The van der Waals surface area contributed by atoms with Gasteiger partial charge in [-0.15, -0.1) is 0 Å². The topological polar surface area (TPSA) is 63.9 Å². The van der Waals surface area contributed by atoms with Gasteiger partial charge in [0, 0.05) is 42.7 Å². The predicted octanol–water partition coefficient (Wildman–Crippen LogP) is 2.54. The number of benzene rings is 1. The summed E-state index contributed by atoms with van der Waals surface area (Å²) in [5, 5.41) is 5.50. The van der Waals surface area contributed by atoms with Gasteiger partial charge in [-0.05, 0) is 25.5 Å². The maximum atomic E-state index is 12.6. The average molecular weight is 335 g/mol. The maximum Gasteiger partial charge on any atom is 0.224 e. The molecule has 128 valence electrons. The van der Waals surface area contributed by atoms with Crippen LogP contribution in [0.5, 0.6) is 0 Å². The van der Waals surface area contributed by atoms with Gasteiger partial charge in [-0.25, -0.2) is 9.97 Å². The summed E-state index contributed by atoms with van der Waals surface area (Å²) < 4.78 is 1.91. The lowest BCUT2D eigenvalue weighted by Gasteiger charge is -2.16. The van der Waals surface area contributed by atoms with Gasteiger partial charge >= 0.3 is 0 Å². The normalized spacial score (nSPS) is 17.3. The lowest BCUT2D eigenvalue weighted by atomic mass is 10.1. The quantitative estimate of drug-likeness (QED) is 0.735. The van der Waals surface area contributed by atoms with Gasteiger partial charge in [0.25, 0.3) is 0 Å². The second-order valence-electron chi connectivity index (χ2n) is 6.56. The van der Waals surface area contributed by atoms with Crippen molar-refractivity contribution in [3.05, 3.63) is 54.2 Å². The van der Waals surface area contributed by atoms with Crippen molar-refractivity contribution in [2.24, 2.45) is 0 Å². The molecule has 0 unspecified atom stereocenters. The van der Waals surface area contributed by atoms with E-state index in [0.717, 1.165) is 35.4 Å². The third-order valence-electron chi connectivity index (χ3n) is 4.81. The minimum absolute atomic E-state index is 0.176. The summed E-state index contributed by atoms with van der Waals surface area (Å²) >= 11 is 0. The first-order valence-corrected chi connectivity index (χ1v) is 8.68. The first-order valence-electron chi connectivity index (χ1n) is 8.68. The van der Waals surface area contributed by atoms with Gasteiger partial charge < -0.3 is 4.90 Å². The largest absolute Gasteiger partial charge is 0.342 e. The fourth-order valence-electron chi connectivity index (χ4n) is 3.43. The van der Waals surface area contributed by atoms with Crippen molar-refractivity contribution in [2.45, 2.75) is 32.2 Å². The minimum Gasteiger partial charge on any atom is -0.342 e. The van der Waals surface area contributed by atoms with Crippen LogP contribution in [0.4, 0.5) is 0 Å². The van der Waals surface area contributed by atoms with E-state index in [2.05, 4.69) is 15.1 Å². The molecule has 0 saturated carbocycles. The second kappa shape index (κ2) is 6.63. The van der Waals surface area contributed by atoms with Crippen molar-refractivity contribution in [1.29, 1.82) is 0 Å². The average Bonchev–Trinajstić information content (AvgIpc) is 3.27. The van der Waals surface area contributed by atoms with Crippen LogP contribution < -0.4 is 0 Å². The molecule has 0 bridgehead atoms. The highest BCUT2D eigenvalue weighted by Gasteiger charge is 2.28. The Morgan fingerprint density at radius 1 is 1.28 bits per heavy atom. The van der Waals surface area contributed by atoms with Crippen LogP contribution in [-0.2, 0) is 11.3 Å². The van der Waals surface area contributed by atoms with Gasteiger partial charge in [-0.3, -0.25) is 9.48 Å². The molecule has 3 heterocycles. The van der Waals surface area contributed by atoms with Crippen molar-refractivity contribution in [2.75, 3.05) is 13.1 Å². The number of rotatable bonds is 4. The number of para-hydroxylation sites is 1. The molecule has 6 heteroatoms. The number of aromatic nitrogens is 4. The van der Waals surface area contributed by atoms with Crippen LogP contribution in [0.1, 0.15) is 30.3 Å². The molecule has 6 nitrogen and oxygen atoms in total. The summed E-state index contributed by atoms with van der Waals surface area (Å²) in [7, 11) is 0. The molecule has 1 aromatic carbocycles. The molecule has 1 amide bonds. The molecule has 0 radical (unpaired) electrons. The van der Waals surface area contributed by atoms with Crippen molar-refractivity contribution >= 4 is 16.8 Å². The predicted molar refractivity (Wildman–Crippen MR) is 95.1 cm³/mol. The Morgan fingerprint density at radius 2 is 2.16 bits per heavy atom. The Morgan fingerprint density at radius 3 is 3.04 bits per heavy atom. The molecular weight excluding hydrogens is 314 g/mol. The van der Waals surface area contributed by atoms with Crippen molar-refractivity contribution in [1.82, 2.24) is 24.6 Å². The first kappa shape index (κ1) is 15.7. The van der Waals surface area contributed by atoms with Gasteiger partial charge in [0.1, 0.15) is 5.82 Å². The zero-order valence-electron chi connectivity index (χ0n) is 14.3. The number of likely N-dealkylation sites (tertiary alicyclic amines) is 1. The molecule has 25 heavy (non-hydrogen) atoms. The standard InChI is InChI=1S/C19H21N5O/c1-14-6-9-20-19(22-14)16-7-10-23(13-16)18(25)8-11-24-17-5-3-2-4-15(17)12-21-24/h2-6,9,12,16H,7-8,10-11,13H2,1H3/t16-/m0/s1. The molecule has 1 aliphatic heterocycles. The van der Waals surface area contributed by atoms with Crippen LogP contribution in [0.2, 0.25) is 0 Å². The van der Waals surface area contributed by atoms with E-state index in [1.165, 1.54) is 0 Å². The van der Waals surface area contributed by atoms with Crippen LogP contribution in [0.25, 0.3) is 10.9 Å². The highest BCUT2D eigenvalue weighted by atomic mass is 16.2. The van der Waals surface area contributed by atoms with E-state index in [1.54, 1.807) is 6.20 Å². The molecule has 3 aromatic rings. The van der Waals surface area contributed by atoms with E-state index < -0.39 is 0 Å². The van der Waals surface area contributed by atoms with Gasteiger partial charge in [0.15, 0.2) is 0 Å². The van der Waals surface area contributed by atoms with E-state index in [4.69, 9.17) is 0 Å². The molecule has 0 spiro atoms. The Kier molecular flexibility index (Phi) is 4.17. The summed E-state index contributed by atoms with van der Waals surface area (Å²) in [6.45, 7) is 4.06. The van der Waals surface area contributed by atoms with Crippen LogP contribution in [0.3, 0.4) is 0 Å². The number of aryl methyl sites for hydroxylation is 2. The van der Waals surface area contributed by atoms with E-state index in [9.17, 15) is 4.79 Å². The maximum absolute atomic E-state index is 12.6. The van der Waals surface area contributed by atoms with Gasteiger partial charge in [0.05, 0.1) is 18.3 Å². The Bertz CT molecular complexity index is 903. The highest BCUT2D eigenvalue weighted by Crippen LogP contribution is 2.25. The third kappa shape index (κ3) is 3.24. The van der Waals surface area contributed by atoms with E-state index in [1.807, 2.05) is 53.0 Å². The number of amides is 1. The summed E-state index contributed by atoms with van der Waals surface area (Å²) in [6, 6.07) is 9.96. The molecule has 2 aromatic heterocycles. The van der Waals surface area contributed by atoms with Gasteiger partial charge in [-0.1, -0.05) is 18.2 Å². The van der Waals surface area contributed by atoms with Gasteiger partial charge in [-0.2, -0.15) is 5.10 Å². The fraction of sp³-hybridized carbons (Fsp3) is 0.368. The van der Waals surface area contributed by atoms with Crippen molar-refractivity contribution < 1.29 is 4.79 Å². The third-order valence-corrected chi connectivity index (χ3v) is 4.81. The zero-order valence-corrected chi connectivity index (χ0v) is 14.3. The number of carbonyl (C=O) groups excluding carboxylic acids is 1. The molecule has 1 fully saturated rings. The number of hydrogen-bond acceptors (Lipinski definition) is 4. The number of fused-ring (bicyclic) bond motifs is 1. The number of nitrogens with zero attached hydrogens (tertiary/aromatic N) is 5. The lowest BCUT2D eigenvalue weighted by molar-refractivity contribution is -0.130. The first-order chi connectivity index (χ1) is 12.2. The summed E-state index contributed by atoms with van der Waals surface area (Å²) in [5.41, 5.74) is 2.04. The smallest absolute Gasteiger partial charge is 0.224 e. The van der Waals surface area contributed by atoms with Gasteiger partial charge in [0.2, 0.25) is 5.91 Å². The molecule has 0 N–H and O–H groups in total. The van der Waals surface area contributed by atoms with Crippen molar-refractivity contribution in [3.8, 4) is 0 Å². The lowest BCUT2D eigenvalue weighted by Crippen LogP contribution is -2.29. The van der Waals surface area contributed by atoms with E-state index in [-0.39, 0.29) is 11.8 Å². The SMILES string of the molecule is Cc1ccnc([C@H]2CCN(C(=O)CCn3ncc4ccccc43)C2)n1. The molecule has 1 aliphatic rings. The molecule has 1 saturated heterocycles. The Balaban J connectivity index is 1.37. The highest BCUT2D eigenvalue weighted by molar-refractivity contribution is 5.79. The number of hydrogen-bond donors (Lipinski definition) is 0. The molecule has 1 atom stereocenters. The van der Waals surface area contributed by atoms with Crippen LogP contribution in [0, 0.1) is 6.92 Å². The zero-order chi connectivity index (χ0) is 17.2. The number of carbonyl (C=O) groups is 1. The Hall–Kier alpha value is -2.76. The molecular formula is C19H21N5O. The minimum atomic E-state index is 0.176. The van der Waals surface area contributed by atoms with Crippen molar-refractivity contribution in [3.63, 3.8) is 0 Å². The monoisotopic (exact) mass is 335 g/mol. The van der Waals surface area contributed by atoms with Crippen LogP contribution >= 0.6 is 0 Å². The summed E-state index contributed by atoms with van der Waals surface area (Å²) in [5.74, 6) is 1.28. The molecule has 4 rings (SSSR count). The molecule has 0 aliphatic carbocycles. The van der Waals surface area contributed by atoms with E-state index >= 15 is 0 Å². The van der Waals surface area contributed by atoms with E-state index in [0.29, 0.717) is 19.5 Å². The summed E-state index contributed by atoms with van der Waals surface area (Å²) in [4.78, 5) is 23.4. The fourth-order valence-corrected chi connectivity index (χ4v) is 3.43. The van der Waals surface area contributed by atoms with Crippen LogP contribution in [0.15, 0.2) is 42.7 Å². The van der Waals surface area contributed by atoms with Crippen LogP contribution in [-0.4, -0.2) is 43.6 Å². The Labute approximate surface area is 146 Å². The summed E-state index contributed by atoms with van der Waals surface area (Å²) in [6.07, 6.45) is 5.04.